The van der Waals surface area contributed by atoms with Crippen LogP contribution >= 0.6 is 0 Å². The zero-order valence-electron chi connectivity index (χ0n) is 9.57. The Balaban J connectivity index is 2.99. The molecule has 0 bridgehead atoms. The van der Waals surface area contributed by atoms with Crippen LogP contribution in [0.2, 0.25) is 0 Å². The van der Waals surface area contributed by atoms with Gasteiger partial charge in [-0.1, -0.05) is 6.07 Å². The third-order valence-corrected chi connectivity index (χ3v) is 2.57. The van der Waals surface area contributed by atoms with E-state index in [2.05, 4.69) is 0 Å². The molecule has 0 heterocycles. The first kappa shape index (κ1) is 14.5. The first-order valence-electron chi connectivity index (χ1n) is 5.41. The van der Waals surface area contributed by atoms with Crippen LogP contribution in [0.1, 0.15) is 23.7 Å². The predicted octanol–water partition coefficient (Wildman–Crippen LogP) is 2.15. The van der Waals surface area contributed by atoms with E-state index in [4.69, 9.17) is 10.8 Å². The maximum absolute atomic E-state index is 13.8. The van der Waals surface area contributed by atoms with Gasteiger partial charge in [-0.05, 0) is 29.7 Å². The van der Waals surface area contributed by atoms with Gasteiger partial charge in [0.15, 0.2) is 0 Å². The van der Waals surface area contributed by atoms with Gasteiger partial charge in [0, 0.05) is 6.42 Å². The molecule has 0 amide bonds. The van der Waals surface area contributed by atoms with E-state index in [9.17, 15) is 18.0 Å². The Bertz CT molecular complexity index is 426. The molecule has 0 spiro atoms. The van der Waals surface area contributed by atoms with Gasteiger partial charge < -0.3 is 10.8 Å². The number of hydrogen-bond acceptors (Lipinski definition) is 2. The summed E-state index contributed by atoms with van der Waals surface area (Å²) in [5, 5.41) is 8.56. The number of halogens is 3. The predicted molar refractivity (Wildman–Crippen MR) is 60.2 cm³/mol. The Morgan fingerprint density at radius 2 is 2.11 bits per heavy atom. The van der Waals surface area contributed by atoms with Crippen LogP contribution in [0.15, 0.2) is 18.2 Å². The molecule has 0 aliphatic rings. The molecule has 0 aliphatic heterocycles. The van der Waals surface area contributed by atoms with Crippen molar-refractivity contribution in [3.05, 3.63) is 35.1 Å². The third kappa shape index (κ3) is 3.73. The van der Waals surface area contributed by atoms with Crippen LogP contribution in [0.25, 0.3) is 0 Å². The van der Waals surface area contributed by atoms with Crippen molar-refractivity contribution in [1.29, 1.82) is 0 Å². The number of rotatable bonds is 6. The Morgan fingerprint density at radius 1 is 1.44 bits per heavy atom. The van der Waals surface area contributed by atoms with E-state index in [1.807, 2.05) is 0 Å². The van der Waals surface area contributed by atoms with Crippen molar-refractivity contribution in [2.45, 2.75) is 25.1 Å². The summed E-state index contributed by atoms with van der Waals surface area (Å²) in [6.45, 7) is -1.07. The SMILES string of the molecule is NC(CF)C(F)c1cc(F)ccc1CCC(=O)O. The topological polar surface area (TPSA) is 63.3 Å². The van der Waals surface area contributed by atoms with Crippen LogP contribution in [-0.2, 0) is 11.2 Å². The van der Waals surface area contributed by atoms with Crippen LogP contribution in [0.3, 0.4) is 0 Å². The summed E-state index contributed by atoms with van der Waals surface area (Å²) in [4.78, 5) is 10.5. The maximum atomic E-state index is 13.8. The van der Waals surface area contributed by atoms with Crippen LogP contribution in [0, 0.1) is 5.82 Å². The average Bonchev–Trinajstić information content (AvgIpc) is 2.35. The largest absolute Gasteiger partial charge is 0.481 e. The molecule has 2 unspecified atom stereocenters. The smallest absolute Gasteiger partial charge is 0.303 e. The zero-order valence-corrected chi connectivity index (χ0v) is 9.57. The van der Waals surface area contributed by atoms with E-state index in [1.54, 1.807) is 0 Å². The molecule has 0 aliphatic carbocycles. The number of benzene rings is 1. The molecule has 100 valence electrons. The van der Waals surface area contributed by atoms with Crippen LogP contribution in [-0.4, -0.2) is 23.8 Å². The van der Waals surface area contributed by atoms with Gasteiger partial charge >= 0.3 is 5.97 Å². The van der Waals surface area contributed by atoms with Gasteiger partial charge in [-0.3, -0.25) is 4.79 Å². The lowest BCUT2D eigenvalue weighted by atomic mass is 9.96. The Morgan fingerprint density at radius 3 is 2.67 bits per heavy atom. The lowest BCUT2D eigenvalue weighted by molar-refractivity contribution is -0.136. The summed E-state index contributed by atoms with van der Waals surface area (Å²) in [7, 11) is 0. The monoisotopic (exact) mass is 261 g/mol. The van der Waals surface area contributed by atoms with Crippen molar-refractivity contribution in [2.75, 3.05) is 6.67 Å². The fourth-order valence-corrected chi connectivity index (χ4v) is 1.60. The highest BCUT2D eigenvalue weighted by Gasteiger charge is 2.22. The third-order valence-electron chi connectivity index (χ3n) is 2.57. The van der Waals surface area contributed by atoms with Crippen molar-refractivity contribution in [3.8, 4) is 0 Å². The van der Waals surface area contributed by atoms with Crippen LogP contribution in [0.4, 0.5) is 13.2 Å². The second kappa shape index (κ2) is 6.39. The highest BCUT2D eigenvalue weighted by atomic mass is 19.1. The molecule has 1 rings (SSSR count). The molecular formula is C12H14F3NO2. The van der Waals surface area contributed by atoms with Crippen molar-refractivity contribution < 1.29 is 23.1 Å². The number of hydrogen-bond donors (Lipinski definition) is 2. The van der Waals surface area contributed by atoms with Gasteiger partial charge in [-0.25, -0.2) is 13.2 Å². The van der Waals surface area contributed by atoms with Crippen molar-refractivity contribution in [3.63, 3.8) is 0 Å². The Kier molecular flexibility index (Phi) is 5.15. The summed E-state index contributed by atoms with van der Waals surface area (Å²) >= 11 is 0. The maximum Gasteiger partial charge on any atom is 0.303 e. The Labute approximate surface area is 102 Å². The van der Waals surface area contributed by atoms with Crippen molar-refractivity contribution in [2.24, 2.45) is 5.73 Å². The normalized spacial score (nSPS) is 14.2. The van der Waals surface area contributed by atoms with Gasteiger partial charge in [0.2, 0.25) is 0 Å². The minimum Gasteiger partial charge on any atom is -0.481 e. The number of carboxylic acid groups (broad SMARTS) is 1. The molecule has 0 radical (unpaired) electrons. The van der Waals surface area contributed by atoms with Gasteiger partial charge in [0.05, 0.1) is 6.04 Å². The molecule has 0 saturated heterocycles. The fourth-order valence-electron chi connectivity index (χ4n) is 1.60. The number of nitrogens with two attached hydrogens (primary N) is 1. The quantitative estimate of drug-likeness (QED) is 0.824. The van der Waals surface area contributed by atoms with E-state index in [0.29, 0.717) is 5.56 Å². The second-order valence-electron chi connectivity index (χ2n) is 3.96. The Hall–Kier alpha value is -1.56. The molecule has 0 aromatic heterocycles. The van der Waals surface area contributed by atoms with Gasteiger partial charge in [-0.15, -0.1) is 0 Å². The van der Waals surface area contributed by atoms with Gasteiger partial charge in [0.25, 0.3) is 0 Å². The molecular weight excluding hydrogens is 247 g/mol. The minimum absolute atomic E-state index is 0.0460. The zero-order chi connectivity index (χ0) is 13.7. The minimum atomic E-state index is -1.85. The summed E-state index contributed by atoms with van der Waals surface area (Å²) in [5.74, 6) is -1.71. The van der Waals surface area contributed by atoms with E-state index < -0.39 is 30.7 Å². The van der Waals surface area contributed by atoms with E-state index in [0.717, 1.165) is 12.1 Å². The molecule has 0 saturated carbocycles. The fraction of sp³-hybridized carbons (Fsp3) is 0.417. The number of aliphatic carboxylic acids is 1. The average molecular weight is 261 g/mol. The molecule has 2 atom stereocenters. The lowest BCUT2D eigenvalue weighted by Gasteiger charge is -2.17. The van der Waals surface area contributed by atoms with Gasteiger partial charge in [-0.2, -0.15) is 0 Å². The summed E-state index contributed by atoms with van der Waals surface area (Å²) < 4.78 is 39.2. The molecule has 18 heavy (non-hydrogen) atoms. The van der Waals surface area contributed by atoms with E-state index >= 15 is 0 Å². The van der Waals surface area contributed by atoms with Crippen LogP contribution < -0.4 is 5.73 Å². The summed E-state index contributed by atoms with van der Waals surface area (Å²) in [6, 6.07) is 1.95. The highest BCUT2D eigenvalue weighted by molar-refractivity contribution is 5.67. The molecule has 1 aromatic carbocycles. The van der Waals surface area contributed by atoms with Crippen molar-refractivity contribution >= 4 is 5.97 Å². The number of carboxylic acids is 1. The molecule has 0 fully saturated rings. The second-order valence-corrected chi connectivity index (χ2v) is 3.96. The van der Waals surface area contributed by atoms with Crippen molar-refractivity contribution in [1.82, 2.24) is 0 Å². The van der Waals surface area contributed by atoms with Crippen LogP contribution in [0.5, 0.6) is 0 Å². The lowest BCUT2D eigenvalue weighted by Crippen LogP contribution is -2.28. The summed E-state index contributed by atoms with van der Waals surface area (Å²) in [5.41, 5.74) is 5.48. The first-order valence-corrected chi connectivity index (χ1v) is 5.41. The number of carbonyl (C=O) groups is 1. The van der Waals surface area contributed by atoms with E-state index in [1.165, 1.54) is 6.07 Å². The first-order chi connectivity index (χ1) is 8.45. The summed E-state index contributed by atoms with van der Waals surface area (Å²) in [6.07, 6.45) is -2.02. The standard InChI is InChI=1S/C12H14F3NO2/c13-6-10(16)12(15)9-5-8(14)3-1-7(9)2-4-11(17)18/h1,3,5,10,12H,2,4,6,16H2,(H,17,18). The number of aryl methyl sites for hydroxylation is 1. The molecule has 1 aromatic rings. The van der Waals surface area contributed by atoms with Gasteiger partial charge in [0.1, 0.15) is 18.7 Å². The van der Waals surface area contributed by atoms with E-state index in [-0.39, 0.29) is 18.4 Å². The number of alkyl halides is 2. The highest BCUT2D eigenvalue weighted by Crippen LogP contribution is 2.26. The molecule has 3 nitrogen and oxygen atoms in total. The molecule has 3 N–H and O–H groups in total. The molecule has 6 heteroatoms.